The second kappa shape index (κ2) is 7.67. The second-order valence-electron chi connectivity index (χ2n) is 7.34. The Hall–Kier alpha value is -2.80. The van der Waals surface area contributed by atoms with E-state index in [2.05, 4.69) is 51.2 Å². The van der Waals surface area contributed by atoms with Gasteiger partial charge in [0.25, 0.3) is 5.91 Å². The molecule has 2 aliphatic rings. The molecular weight excluding hydrogens is 352 g/mol. The number of aromatic amines is 1. The highest BCUT2D eigenvalue weighted by Gasteiger charge is 2.32. The molecule has 2 N–H and O–H groups in total. The maximum atomic E-state index is 12.5. The van der Waals surface area contributed by atoms with Gasteiger partial charge >= 0.3 is 0 Å². The first-order chi connectivity index (χ1) is 13.6. The molecule has 3 heterocycles. The van der Waals surface area contributed by atoms with Gasteiger partial charge in [-0.2, -0.15) is 5.10 Å². The van der Waals surface area contributed by atoms with E-state index in [4.69, 9.17) is 0 Å². The number of nitrogens with one attached hydrogen (secondary N) is 2. The van der Waals surface area contributed by atoms with Crippen LogP contribution in [0.3, 0.4) is 0 Å². The Morgan fingerprint density at radius 2 is 2.04 bits per heavy atom. The van der Waals surface area contributed by atoms with Crippen LogP contribution in [0.2, 0.25) is 0 Å². The Balaban J connectivity index is 1.75. The van der Waals surface area contributed by atoms with Crippen molar-refractivity contribution in [3.05, 3.63) is 52.4 Å². The molecule has 0 saturated heterocycles. The fraction of sp³-hybridized carbons (Fsp3) is 0.429. The number of nitrogens with zero attached hydrogens (tertiary/aromatic N) is 4. The van der Waals surface area contributed by atoms with Crippen LogP contribution in [0, 0.1) is 6.92 Å². The van der Waals surface area contributed by atoms with E-state index in [1.165, 1.54) is 29.7 Å². The molecule has 0 atom stereocenters. The van der Waals surface area contributed by atoms with Crippen LogP contribution in [-0.2, 0) is 11.3 Å². The maximum Gasteiger partial charge on any atom is 0.273 e. The number of hydrogen-bond donors (Lipinski definition) is 2. The molecule has 0 aromatic carbocycles. The molecule has 7 heteroatoms. The molecule has 4 rings (SSSR count). The van der Waals surface area contributed by atoms with Gasteiger partial charge in [0.15, 0.2) is 0 Å². The highest BCUT2D eigenvalue weighted by Crippen LogP contribution is 2.45. The van der Waals surface area contributed by atoms with Crippen molar-refractivity contribution in [2.75, 3.05) is 13.1 Å². The summed E-state index contributed by atoms with van der Waals surface area (Å²) in [5.41, 5.74) is 9.14. The topological polar surface area (TPSA) is 86.3 Å². The molecule has 1 aliphatic heterocycles. The molecule has 2 aromatic heterocycles. The molecule has 146 valence electrons. The summed E-state index contributed by atoms with van der Waals surface area (Å²) in [4.78, 5) is 26.8. The van der Waals surface area contributed by atoms with Crippen LogP contribution in [-0.4, -0.2) is 44.6 Å². The minimum Gasteiger partial charge on any atom is -0.359 e. The van der Waals surface area contributed by atoms with Gasteiger partial charge in [-0.25, -0.2) is 5.43 Å². The molecular formula is C21H26N6O. The standard InChI is InChI=1S/C21H26N6O/c1-4-27(5-2)12-16-13(3)24-17(19(16)14-6-7-14)10-15-20(25-26-21(15)28)18-11-22-8-9-23-18/h8-11,14,24H,4-7,12H2,1-3H3,(H,26,28). The first-order valence-corrected chi connectivity index (χ1v) is 9.92. The number of rotatable bonds is 7. The van der Waals surface area contributed by atoms with Crippen LogP contribution in [0.1, 0.15) is 60.8 Å². The molecule has 1 fully saturated rings. The molecule has 1 amide bonds. The van der Waals surface area contributed by atoms with Crippen LogP contribution in [0.25, 0.3) is 6.08 Å². The lowest BCUT2D eigenvalue weighted by Gasteiger charge is -2.19. The number of hydrazone groups is 1. The lowest BCUT2D eigenvalue weighted by Crippen LogP contribution is -2.22. The summed E-state index contributed by atoms with van der Waals surface area (Å²) >= 11 is 0. The van der Waals surface area contributed by atoms with Gasteiger partial charge in [0.05, 0.1) is 11.8 Å². The van der Waals surface area contributed by atoms with Crippen LogP contribution < -0.4 is 5.43 Å². The number of hydrogen-bond acceptors (Lipinski definition) is 5. The van der Waals surface area contributed by atoms with Crippen molar-refractivity contribution in [2.24, 2.45) is 5.10 Å². The van der Waals surface area contributed by atoms with E-state index in [1.807, 2.05) is 6.08 Å². The average Bonchev–Trinajstić information content (AvgIpc) is 3.42. The quantitative estimate of drug-likeness (QED) is 0.726. The Morgan fingerprint density at radius 1 is 1.25 bits per heavy atom. The van der Waals surface area contributed by atoms with Gasteiger partial charge in [-0.15, -0.1) is 0 Å². The van der Waals surface area contributed by atoms with E-state index in [1.54, 1.807) is 18.6 Å². The number of aryl methyl sites for hydroxylation is 1. The van der Waals surface area contributed by atoms with E-state index < -0.39 is 0 Å². The van der Waals surface area contributed by atoms with Gasteiger partial charge in [-0.3, -0.25) is 19.7 Å². The van der Waals surface area contributed by atoms with Crippen molar-refractivity contribution in [3.63, 3.8) is 0 Å². The van der Waals surface area contributed by atoms with Gasteiger partial charge < -0.3 is 4.98 Å². The van der Waals surface area contributed by atoms with Crippen molar-refractivity contribution >= 4 is 17.7 Å². The Labute approximate surface area is 165 Å². The Morgan fingerprint density at radius 3 is 2.68 bits per heavy atom. The highest BCUT2D eigenvalue weighted by molar-refractivity contribution is 6.32. The fourth-order valence-electron chi connectivity index (χ4n) is 3.77. The van der Waals surface area contributed by atoms with E-state index in [9.17, 15) is 4.79 Å². The lowest BCUT2D eigenvalue weighted by molar-refractivity contribution is -0.116. The number of carbonyl (C=O) groups excluding carboxylic acids is 1. The third-order valence-electron chi connectivity index (χ3n) is 5.52. The molecule has 0 unspecified atom stereocenters. The van der Waals surface area contributed by atoms with Gasteiger partial charge in [-0.1, -0.05) is 13.8 Å². The van der Waals surface area contributed by atoms with E-state index in [0.29, 0.717) is 22.9 Å². The summed E-state index contributed by atoms with van der Waals surface area (Å²) in [5, 5.41) is 4.18. The van der Waals surface area contributed by atoms with Crippen LogP contribution in [0.5, 0.6) is 0 Å². The average molecular weight is 378 g/mol. The molecule has 7 nitrogen and oxygen atoms in total. The van der Waals surface area contributed by atoms with Crippen LogP contribution in [0.15, 0.2) is 29.3 Å². The summed E-state index contributed by atoms with van der Waals surface area (Å²) in [7, 11) is 0. The second-order valence-corrected chi connectivity index (χ2v) is 7.34. The van der Waals surface area contributed by atoms with E-state index in [-0.39, 0.29) is 5.91 Å². The smallest absolute Gasteiger partial charge is 0.273 e. The molecule has 28 heavy (non-hydrogen) atoms. The SMILES string of the molecule is CCN(CC)Cc1c(C)[nH]c(C=C2C(=O)NN=C2c2cnccn2)c1C1CC1. The monoisotopic (exact) mass is 378 g/mol. The highest BCUT2D eigenvalue weighted by atomic mass is 16.2. The van der Waals surface area contributed by atoms with Crippen molar-refractivity contribution in [3.8, 4) is 0 Å². The van der Waals surface area contributed by atoms with Gasteiger partial charge in [0.2, 0.25) is 0 Å². The van der Waals surface area contributed by atoms with Crippen molar-refractivity contribution in [1.29, 1.82) is 0 Å². The molecule has 1 saturated carbocycles. The van der Waals surface area contributed by atoms with E-state index >= 15 is 0 Å². The summed E-state index contributed by atoms with van der Waals surface area (Å²) in [5.74, 6) is 0.365. The number of amides is 1. The minimum atomic E-state index is -0.208. The molecule has 0 spiro atoms. The number of H-pyrrole nitrogens is 1. The summed E-state index contributed by atoms with van der Waals surface area (Å²) in [6, 6.07) is 0. The van der Waals surface area contributed by atoms with Gasteiger partial charge in [0.1, 0.15) is 11.4 Å². The zero-order chi connectivity index (χ0) is 19.7. The zero-order valence-electron chi connectivity index (χ0n) is 16.6. The third-order valence-corrected chi connectivity index (χ3v) is 5.52. The Kier molecular flexibility index (Phi) is 5.09. The largest absolute Gasteiger partial charge is 0.359 e. The maximum absolute atomic E-state index is 12.5. The van der Waals surface area contributed by atoms with Crippen molar-refractivity contribution in [1.82, 2.24) is 25.3 Å². The molecule has 2 aromatic rings. The van der Waals surface area contributed by atoms with Crippen LogP contribution in [0.4, 0.5) is 0 Å². The van der Waals surface area contributed by atoms with E-state index in [0.717, 1.165) is 25.3 Å². The summed E-state index contributed by atoms with van der Waals surface area (Å²) < 4.78 is 0. The molecule has 1 aliphatic carbocycles. The lowest BCUT2D eigenvalue weighted by atomic mass is 10.0. The molecule has 0 bridgehead atoms. The van der Waals surface area contributed by atoms with Gasteiger partial charge in [-0.05, 0) is 56.0 Å². The zero-order valence-corrected chi connectivity index (χ0v) is 16.6. The third kappa shape index (κ3) is 3.49. The predicted molar refractivity (Wildman–Crippen MR) is 109 cm³/mol. The summed E-state index contributed by atoms with van der Waals surface area (Å²) in [6.45, 7) is 9.48. The number of aromatic nitrogens is 3. The Bertz CT molecular complexity index is 935. The molecule has 0 radical (unpaired) electrons. The summed E-state index contributed by atoms with van der Waals surface area (Å²) in [6.07, 6.45) is 9.18. The van der Waals surface area contributed by atoms with Crippen molar-refractivity contribution in [2.45, 2.75) is 46.1 Å². The fourth-order valence-corrected chi connectivity index (χ4v) is 3.77. The minimum absolute atomic E-state index is 0.208. The first-order valence-electron chi connectivity index (χ1n) is 9.92. The van der Waals surface area contributed by atoms with Crippen LogP contribution >= 0.6 is 0 Å². The number of carbonyl (C=O) groups is 1. The first kappa shape index (κ1) is 18.6. The predicted octanol–water partition coefficient (Wildman–Crippen LogP) is 2.75. The normalized spacial score (nSPS) is 18.1. The van der Waals surface area contributed by atoms with Gasteiger partial charge in [0, 0.05) is 30.3 Å². The van der Waals surface area contributed by atoms with Crippen molar-refractivity contribution < 1.29 is 4.79 Å².